The van der Waals surface area contributed by atoms with Gasteiger partial charge in [-0.3, -0.25) is 0 Å². The van der Waals surface area contributed by atoms with Crippen molar-refractivity contribution in [3.05, 3.63) is 29.8 Å². The lowest BCUT2D eigenvalue weighted by Gasteiger charge is -2.15. The normalized spacial score (nSPS) is 21.3. The molecule has 0 unspecified atom stereocenters. The summed E-state index contributed by atoms with van der Waals surface area (Å²) in [6.45, 7) is 0.478. The van der Waals surface area contributed by atoms with Gasteiger partial charge in [0.1, 0.15) is 0 Å². The van der Waals surface area contributed by atoms with Crippen LogP contribution < -0.4 is 0 Å². The van der Waals surface area contributed by atoms with E-state index in [-0.39, 0.29) is 11.4 Å². The highest BCUT2D eigenvalue weighted by molar-refractivity contribution is 7.89. The summed E-state index contributed by atoms with van der Waals surface area (Å²) in [6.07, 6.45) is -0.113. The molecule has 0 amide bonds. The molecular formula is C11H12N2O3S. The molecule has 0 aromatic heterocycles. The van der Waals surface area contributed by atoms with Crippen molar-refractivity contribution in [2.75, 3.05) is 13.1 Å². The van der Waals surface area contributed by atoms with Crippen LogP contribution in [0.4, 0.5) is 0 Å². The van der Waals surface area contributed by atoms with Crippen LogP contribution in [0.15, 0.2) is 29.2 Å². The van der Waals surface area contributed by atoms with Crippen molar-refractivity contribution >= 4 is 10.0 Å². The Morgan fingerprint density at radius 1 is 1.35 bits per heavy atom. The number of nitrogens with zero attached hydrogens (tertiary/aromatic N) is 2. The summed E-state index contributed by atoms with van der Waals surface area (Å²) in [5.41, 5.74) is 0.422. The number of rotatable bonds is 2. The number of hydrogen-bond donors (Lipinski definition) is 1. The topological polar surface area (TPSA) is 81.4 Å². The van der Waals surface area contributed by atoms with Crippen LogP contribution in [0, 0.1) is 11.3 Å². The number of β-amino-alcohol motifs (C(OH)–C–C–N with tert-alkyl or cyclic N) is 1. The highest BCUT2D eigenvalue weighted by atomic mass is 32.2. The van der Waals surface area contributed by atoms with Crippen molar-refractivity contribution < 1.29 is 13.5 Å². The molecule has 0 aliphatic carbocycles. The summed E-state index contributed by atoms with van der Waals surface area (Å²) in [7, 11) is -3.53. The molecule has 1 saturated heterocycles. The van der Waals surface area contributed by atoms with Gasteiger partial charge in [-0.05, 0) is 30.7 Å². The van der Waals surface area contributed by atoms with Gasteiger partial charge in [0.15, 0.2) is 0 Å². The molecule has 1 aromatic carbocycles. The molecule has 0 spiro atoms. The van der Waals surface area contributed by atoms with Crippen LogP contribution in [0.3, 0.4) is 0 Å². The smallest absolute Gasteiger partial charge is 0.243 e. The van der Waals surface area contributed by atoms with Gasteiger partial charge < -0.3 is 5.11 Å². The van der Waals surface area contributed by atoms with Crippen molar-refractivity contribution in [1.82, 2.24) is 4.31 Å². The van der Waals surface area contributed by atoms with Crippen LogP contribution in [0.1, 0.15) is 12.0 Å². The Hall–Kier alpha value is -1.42. The molecular weight excluding hydrogens is 240 g/mol. The van der Waals surface area contributed by atoms with E-state index < -0.39 is 16.1 Å². The van der Waals surface area contributed by atoms with E-state index in [1.807, 2.05) is 6.07 Å². The van der Waals surface area contributed by atoms with Gasteiger partial charge in [-0.1, -0.05) is 0 Å². The molecule has 0 bridgehead atoms. The summed E-state index contributed by atoms with van der Waals surface area (Å²) >= 11 is 0. The number of nitriles is 1. The Balaban J connectivity index is 2.29. The van der Waals surface area contributed by atoms with Gasteiger partial charge in [0.25, 0.3) is 0 Å². The molecule has 2 rings (SSSR count). The Morgan fingerprint density at radius 3 is 2.47 bits per heavy atom. The Morgan fingerprint density at radius 2 is 2.00 bits per heavy atom. The molecule has 1 aromatic rings. The summed E-state index contributed by atoms with van der Waals surface area (Å²) in [5, 5.41) is 18.0. The number of sulfonamides is 1. The highest BCUT2D eigenvalue weighted by Crippen LogP contribution is 2.21. The molecule has 1 N–H and O–H groups in total. The number of aliphatic hydroxyl groups excluding tert-OH is 1. The van der Waals surface area contributed by atoms with E-state index in [9.17, 15) is 13.5 Å². The minimum Gasteiger partial charge on any atom is -0.392 e. The predicted octanol–water partition coefficient (Wildman–Crippen LogP) is 0.314. The zero-order valence-corrected chi connectivity index (χ0v) is 9.89. The third kappa shape index (κ3) is 2.31. The van der Waals surface area contributed by atoms with Gasteiger partial charge in [0.2, 0.25) is 10.0 Å². The first-order valence-electron chi connectivity index (χ1n) is 5.22. The molecule has 17 heavy (non-hydrogen) atoms. The van der Waals surface area contributed by atoms with E-state index in [1.54, 1.807) is 0 Å². The zero-order chi connectivity index (χ0) is 12.5. The first kappa shape index (κ1) is 12.0. The Labute approximate surface area is 100.0 Å². The number of aliphatic hydroxyl groups is 1. The van der Waals surface area contributed by atoms with E-state index >= 15 is 0 Å². The lowest BCUT2D eigenvalue weighted by molar-refractivity contribution is 0.189. The first-order chi connectivity index (χ1) is 8.04. The standard InChI is InChI=1S/C11H12N2O3S/c12-7-9-1-3-11(4-2-9)17(15,16)13-6-5-10(14)8-13/h1-4,10,14H,5-6,8H2/t10-/m0/s1. The van der Waals surface area contributed by atoms with Crippen LogP contribution in [0.5, 0.6) is 0 Å². The van der Waals surface area contributed by atoms with Crippen molar-refractivity contribution in [2.24, 2.45) is 0 Å². The van der Waals surface area contributed by atoms with E-state index in [1.165, 1.54) is 28.6 Å². The van der Waals surface area contributed by atoms with Crippen LogP contribution in [0.25, 0.3) is 0 Å². The second-order valence-electron chi connectivity index (χ2n) is 3.94. The maximum Gasteiger partial charge on any atom is 0.243 e. The fourth-order valence-corrected chi connectivity index (χ4v) is 3.27. The third-order valence-corrected chi connectivity index (χ3v) is 4.63. The molecule has 0 saturated carbocycles. The second kappa shape index (κ2) is 4.45. The maximum absolute atomic E-state index is 12.1. The third-order valence-electron chi connectivity index (χ3n) is 2.75. The van der Waals surface area contributed by atoms with E-state index in [0.717, 1.165) is 0 Å². The van der Waals surface area contributed by atoms with Gasteiger partial charge in [-0.25, -0.2) is 8.42 Å². The van der Waals surface area contributed by atoms with Crippen LogP contribution in [-0.2, 0) is 10.0 Å². The molecule has 6 heteroatoms. The van der Waals surface area contributed by atoms with Crippen molar-refractivity contribution in [2.45, 2.75) is 17.4 Å². The molecule has 1 aliphatic heterocycles. The molecule has 1 heterocycles. The Bertz CT molecular complexity index is 545. The monoisotopic (exact) mass is 252 g/mol. The summed E-state index contributed by atoms with van der Waals surface area (Å²) in [4.78, 5) is 0.158. The van der Waals surface area contributed by atoms with E-state index in [0.29, 0.717) is 18.5 Å². The summed E-state index contributed by atoms with van der Waals surface area (Å²) in [5.74, 6) is 0. The largest absolute Gasteiger partial charge is 0.392 e. The lowest BCUT2D eigenvalue weighted by atomic mass is 10.2. The molecule has 90 valence electrons. The van der Waals surface area contributed by atoms with Crippen LogP contribution in [0.2, 0.25) is 0 Å². The molecule has 5 nitrogen and oxygen atoms in total. The van der Waals surface area contributed by atoms with E-state index in [2.05, 4.69) is 0 Å². The van der Waals surface area contributed by atoms with Crippen molar-refractivity contribution in [1.29, 1.82) is 5.26 Å². The number of hydrogen-bond acceptors (Lipinski definition) is 4. The molecule has 0 radical (unpaired) electrons. The quantitative estimate of drug-likeness (QED) is 0.821. The fourth-order valence-electron chi connectivity index (χ4n) is 1.78. The lowest BCUT2D eigenvalue weighted by Crippen LogP contribution is -2.29. The predicted molar refractivity (Wildman–Crippen MR) is 60.5 cm³/mol. The zero-order valence-electron chi connectivity index (χ0n) is 9.07. The van der Waals surface area contributed by atoms with Crippen LogP contribution >= 0.6 is 0 Å². The van der Waals surface area contributed by atoms with Gasteiger partial charge >= 0.3 is 0 Å². The summed E-state index contributed by atoms with van der Waals surface area (Å²) < 4.78 is 25.5. The Kier molecular flexibility index (Phi) is 3.15. The van der Waals surface area contributed by atoms with Gasteiger partial charge in [-0.2, -0.15) is 9.57 Å². The highest BCUT2D eigenvalue weighted by Gasteiger charge is 2.31. The maximum atomic E-state index is 12.1. The minimum atomic E-state index is -3.53. The van der Waals surface area contributed by atoms with Crippen molar-refractivity contribution in [3.8, 4) is 6.07 Å². The molecule has 1 aliphatic rings. The van der Waals surface area contributed by atoms with Gasteiger partial charge in [0, 0.05) is 13.1 Å². The fraction of sp³-hybridized carbons (Fsp3) is 0.364. The van der Waals surface area contributed by atoms with Crippen LogP contribution in [-0.4, -0.2) is 37.0 Å². The first-order valence-corrected chi connectivity index (χ1v) is 6.66. The number of benzene rings is 1. The van der Waals surface area contributed by atoms with Gasteiger partial charge in [0.05, 0.1) is 22.6 Å². The second-order valence-corrected chi connectivity index (χ2v) is 5.88. The SMILES string of the molecule is N#Cc1ccc(S(=O)(=O)N2CC[C@H](O)C2)cc1. The van der Waals surface area contributed by atoms with Gasteiger partial charge in [-0.15, -0.1) is 0 Å². The summed E-state index contributed by atoms with van der Waals surface area (Å²) in [6, 6.07) is 7.71. The average Bonchev–Trinajstić information content (AvgIpc) is 2.77. The average molecular weight is 252 g/mol. The van der Waals surface area contributed by atoms with E-state index in [4.69, 9.17) is 5.26 Å². The molecule has 1 fully saturated rings. The minimum absolute atomic E-state index is 0.141. The van der Waals surface area contributed by atoms with Crippen molar-refractivity contribution in [3.63, 3.8) is 0 Å². The molecule has 1 atom stereocenters.